The van der Waals surface area contributed by atoms with Crippen molar-refractivity contribution in [2.24, 2.45) is 0 Å². The van der Waals surface area contributed by atoms with Crippen LogP contribution in [-0.2, 0) is 0 Å². The van der Waals surface area contributed by atoms with Crippen LogP contribution in [0.5, 0.6) is 0 Å². The average molecular weight is 138 g/mol. The number of allylic oxidation sites excluding steroid dienone is 4. The maximum Gasteiger partial charge on any atom is 0.0463 e. The van der Waals surface area contributed by atoms with Crippen LogP contribution in [0.15, 0.2) is 24.3 Å². The van der Waals surface area contributed by atoms with Gasteiger partial charge in [0, 0.05) is 8.80 Å². The number of hydrogen-bond donors (Lipinski definition) is 0. The van der Waals surface area contributed by atoms with E-state index < -0.39 is 8.80 Å². The Bertz CT molecular complexity index is 142. The molecule has 0 saturated carbocycles. The van der Waals surface area contributed by atoms with Crippen LogP contribution in [0.4, 0.5) is 0 Å². The molecular weight excluding hydrogens is 124 g/mol. The topological polar surface area (TPSA) is 0 Å². The molecule has 0 radical (unpaired) electrons. The lowest BCUT2D eigenvalue weighted by molar-refractivity contribution is 0.951. The van der Waals surface area contributed by atoms with E-state index in [1.54, 1.807) is 0 Å². The Morgan fingerprint density at radius 1 is 1.11 bits per heavy atom. The molecule has 0 atom stereocenters. The van der Waals surface area contributed by atoms with Gasteiger partial charge in [-0.05, 0) is 5.04 Å². The van der Waals surface area contributed by atoms with Crippen LogP contribution in [-0.4, -0.2) is 8.80 Å². The molecule has 0 aromatic carbocycles. The van der Waals surface area contributed by atoms with E-state index in [1.807, 2.05) is 0 Å². The quantitative estimate of drug-likeness (QED) is 0.488. The summed E-state index contributed by atoms with van der Waals surface area (Å²) in [4.78, 5) is 0. The van der Waals surface area contributed by atoms with Gasteiger partial charge in [-0.1, -0.05) is 44.3 Å². The van der Waals surface area contributed by atoms with Crippen LogP contribution in [0, 0.1) is 0 Å². The summed E-state index contributed by atoms with van der Waals surface area (Å²) in [6, 6.07) is 0. The first-order valence-corrected chi connectivity index (χ1v) is 6.41. The van der Waals surface area contributed by atoms with Gasteiger partial charge >= 0.3 is 0 Å². The van der Waals surface area contributed by atoms with E-state index in [-0.39, 0.29) is 0 Å². The normalized spacial score (nSPS) is 21.8. The largest absolute Gasteiger partial charge is 0.0779 e. The van der Waals surface area contributed by atoms with Gasteiger partial charge in [0.2, 0.25) is 0 Å². The monoisotopic (exact) mass is 138 g/mol. The van der Waals surface area contributed by atoms with Gasteiger partial charge in [-0.15, -0.1) is 0 Å². The molecule has 0 aliphatic heterocycles. The van der Waals surface area contributed by atoms with Gasteiger partial charge in [-0.2, -0.15) is 0 Å². The minimum atomic E-state index is -0.512. The molecule has 50 valence electrons. The molecule has 0 saturated heterocycles. The van der Waals surface area contributed by atoms with E-state index in [0.29, 0.717) is 5.04 Å². The van der Waals surface area contributed by atoms with Crippen LogP contribution in [0.25, 0.3) is 0 Å². The second-order valence-electron chi connectivity index (χ2n) is 3.24. The predicted octanol–water partition coefficient (Wildman–Crippen LogP) is 2.36. The summed E-state index contributed by atoms with van der Waals surface area (Å²) in [5, 5.41) is 0.472. The van der Waals surface area contributed by atoms with Crippen molar-refractivity contribution in [2.75, 3.05) is 0 Å². The molecule has 1 heteroatoms. The summed E-state index contributed by atoms with van der Waals surface area (Å²) in [6.45, 7) is 7.10. The molecule has 0 spiro atoms. The summed E-state index contributed by atoms with van der Waals surface area (Å²) in [6.07, 6.45) is 8.97. The van der Waals surface area contributed by atoms with Crippen LogP contribution in [0.3, 0.4) is 0 Å². The van der Waals surface area contributed by atoms with Crippen molar-refractivity contribution in [2.45, 2.75) is 25.1 Å². The van der Waals surface area contributed by atoms with Gasteiger partial charge in [0.1, 0.15) is 0 Å². The molecule has 0 heterocycles. The zero-order chi connectivity index (χ0) is 6.91. The Labute approximate surface area is 58.9 Å². The molecule has 0 fully saturated rings. The lowest BCUT2D eigenvalue weighted by Crippen LogP contribution is -2.17. The maximum absolute atomic E-state index is 2.39. The van der Waals surface area contributed by atoms with Gasteiger partial charge in [0.15, 0.2) is 0 Å². The van der Waals surface area contributed by atoms with Crippen molar-refractivity contribution in [3.05, 3.63) is 24.3 Å². The summed E-state index contributed by atoms with van der Waals surface area (Å²) in [7, 11) is -0.512. The standard InChI is InChI=1S/C8H14Si/c1-8(9(2)3)6-4-5-7-8/h4-7,9H,1-3H3. The van der Waals surface area contributed by atoms with Crippen LogP contribution in [0.2, 0.25) is 18.1 Å². The van der Waals surface area contributed by atoms with Crippen molar-refractivity contribution < 1.29 is 0 Å². The highest BCUT2D eigenvalue weighted by Gasteiger charge is 2.24. The summed E-state index contributed by atoms with van der Waals surface area (Å²) in [5.41, 5.74) is 0. The third-order valence-electron chi connectivity index (χ3n) is 2.27. The minimum Gasteiger partial charge on any atom is -0.0779 e. The molecule has 0 bridgehead atoms. The average Bonchev–Trinajstić information content (AvgIpc) is 2.16. The lowest BCUT2D eigenvalue weighted by atomic mass is 10.2. The van der Waals surface area contributed by atoms with Crippen LogP contribution >= 0.6 is 0 Å². The first kappa shape index (κ1) is 6.81. The van der Waals surface area contributed by atoms with Crippen LogP contribution < -0.4 is 0 Å². The zero-order valence-electron chi connectivity index (χ0n) is 6.39. The summed E-state index contributed by atoms with van der Waals surface area (Å²) < 4.78 is 0. The van der Waals surface area contributed by atoms with E-state index in [2.05, 4.69) is 44.3 Å². The fraction of sp³-hybridized carbons (Fsp3) is 0.500. The molecule has 0 aromatic heterocycles. The van der Waals surface area contributed by atoms with E-state index in [1.165, 1.54) is 0 Å². The zero-order valence-corrected chi connectivity index (χ0v) is 7.54. The SMILES string of the molecule is C[SiH](C)C1(C)C=CC=C1. The van der Waals surface area contributed by atoms with Crippen molar-refractivity contribution in [3.63, 3.8) is 0 Å². The molecule has 1 aliphatic carbocycles. The Balaban J connectivity index is 2.75. The minimum absolute atomic E-state index is 0.472. The lowest BCUT2D eigenvalue weighted by Gasteiger charge is -2.22. The van der Waals surface area contributed by atoms with E-state index >= 15 is 0 Å². The van der Waals surface area contributed by atoms with E-state index in [0.717, 1.165) is 0 Å². The van der Waals surface area contributed by atoms with Crippen molar-refractivity contribution in [1.29, 1.82) is 0 Å². The molecule has 0 amide bonds. The Hall–Kier alpha value is -0.303. The molecule has 0 nitrogen and oxygen atoms in total. The predicted molar refractivity (Wildman–Crippen MR) is 45.5 cm³/mol. The summed E-state index contributed by atoms with van der Waals surface area (Å²) >= 11 is 0. The molecule has 1 aliphatic rings. The van der Waals surface area contributed by atoms with Gasteiger partial charge in [0.25, 0.3) is 0 Å². The highest BCUT2D eigenvalue weighted by atomic mass is 28.3. The fourth-order valence-corrected chi connectivity index (χ4v) is 1.96. The first-order chi connectivity index (χ1) is 4.15. The van der Waals surface area contributed by atoms with Crippen molar-refractivity contribution >= 4 is 8.80 Å². The number of hydrogen-bond acceptors (Lipinski definition) is 0. The highest BCUT2D eigenvalue weighted by Crippen LogP contribution is 2.35. The van der Waals surface area contributed by atoms with Crippen molar-refractivity contribution in [1.82, 2.24) is 0 Å². The van der Waals surface area contributed by atoms with Gasteiger partial charge in [-0.3, -0.25) is 0 Å². The van der Waals surface area contributed by atoms with E-state index in [4.69, 9.17) is 0 Å². The highest BCUT2D eigenvalue weighted by molar-refractivity contribution is 6.60. The first-order valence-electron chi connectivity index (χ1n) is 3.52. The second-order valence-corrected chi connectivity index (χ2v) is 6.79. The van der Waals surface area contributed by atoms with Gasteiger partial charge < -0.3 is 0 Å². The molecule has 0 aromatic rings. The van der Waals surface area contributed by atoms with Crippen LogP contribution in [0.1, 0.15) is 6.92 Å². The Morgan fingerprint density at radius 3 is 1.78 bits per heavy atom. The third-order valence-corrected chi connectivity index (χ3v) is 5.14. The van der Waals surface area contributed by atoms with Gasteiger partial charge in [-0.25, -0.2) is 0 Å². The summed E-state index contributed by atoms with van der Waals surface area (Å²) in [5.74, 6) is 0. The van der Waals surface area contributed by atoms with Gasteiger partial charge in [0.05, 0.1) is 0 Å². The molecule has 1 rings (SSSR count). The maximum atomic E-state index is 2.39. The molecule has 0 N–H and O–H groups in total. The molecule has 0 unspecified atom stereocenters. The number of rotatable bonds is 1. The smallest absolute Gasteiger partial charge is 0.0463 e. The Kier molecular flexibility index (Phi) is 1.62. The second kappa shape index (κ2) is 2.14. The molecular formula is C8H14Si. The Morgan fingerprint density at radius 2 is 1.56 bits per heavy atom. The van der Waals surface area contributed by atoms with E-state index in [9.17, 15) is 0 Å². The van der Waals surface area contributed by atoms with Crippen molar-refractivity contribution in [3.8, 4) is 0 Å². The fourth-order valence-electron chi connectivity index (χ4n) is 0.966. The molecule has 9 heavy (non-hydrogen) atoms. The third kappa shape index (κ3) is 1.16.